The van der Waals surface area contributed by atoms with Crippen molar-refractivity contribution in [3.05, 3.63) is 18.5 Å². The van der Waals surface area contributed by atoms with Crippen molar-refractivity contribution in [2.75, 3.05) is 25.0 Å². The standard InChI is InChI=1S/C15H24N4O2/c1-15(2,3)21-14(20)19-9-4-6-12(11-19)10-18-13-16-7-5-8-17-13/h5,7-8,12H,4,6,9-11H2,1-3H3,(H,16,17,18)/t12-/m1/s1. The van der Waals surface area contributed by atoms with Gasteiger partial charge in [0.2, 0.25) is 5.95 Å². The molecule has 0 bridgehead atoms. The third-order valence-corrected chi connectivity index (χ3v) is 3.29. The molecule has 1 saturated heterocycles. The number of amides is 1. The van der Waals surface area contributed by atoms with Gasteiger partial charge < -0.3 is 15.0 Å². The predicted molar refractivity (Wildman–Crippen MR) is 81.1 cm³/mol. The molecule has 0 aromatic carbocycles. The Morgan fingerprint density at radius 3 is 2.81 bits per heavy atom. The highest BCUT2D eigenvalue weighted by molar-refractivity contribution is 5.68. The molecule has 1 fully saturated rings. The Hall–Kier alpha value is -1.85. The zero-order valence-electron chi connectivity index (χ0n) is 13.0. The molecule has 1 aromatic heterocycles. The van der Waals surface area contributed by atoms with Gasteiger partial charge in [0.25, 0.3) is 0 Å². The molecule has 1 aromatic rings. The highest BCUT2D eigenvalue weighted by Gasteiger charge is 2.27. The number of rotatable bonds is 3. The predicted octanol–water partition coefficient (Wildman–Crippen LogP) is 2.54. The van der Waals surface area contributed by atoms with Crippen LogP contribution < -0.4 is 5.32 Å². The molecule has 116 valence electrons. The number of aromatic nitrogens is 2. The van der Waals surface area contributed by atoms with Crippen LogP contribution in [0.15, 0.2) is 18.5 Å². The van der Waals surface area contributed by atoms with Crippen molar-refractivity contribution in [3.8, 4) is 0 Å². The summed E-state index contributed by atoms with van der Waals surface area (Å²) in [6.07, 6.45) is 5.30. The molecule has 0 radical (unpaired) electrons. The van der Waals surface area contributed by atoms with Crippen LogP contribution in [0.2, 0.25) is 0 Å². The van der Waals surface area contributed by atoms with E-state index in [-0.39, 0.29) is 6.09 Å². The molecule has 1 aliphatic rings. The molecule has 6 heteroatoms. The average Bonchev–Trinajstić information content (AvgIpc) is 2.45. The van der Waals surface area contributed by atoms with Crippen molar-refractivity contribution in [1.29, 1.82) is 0 Å². The summed E-state index contributed by atoms with van der Waals surface area (Å²) in [7, 11) is 0. The topological polar surface area (TPSA) is 67.3 Å². The van der Waals surface area contributed by atoms with Crippen LogP contribution in [0, 0.1) is 5.92 Å². The lowest BCUT2D eigenvalue weighted by Gasteiger charge is -2.34. The Morgan fingerprint density at radius 1 is 1.43 bits per heavy atom. The van der Waals surface area contributed by atoms with Crippen molar-refractivity contribution in [2.45, 2.75) is 39.2 Å². The number of nitrogens with zero attached hydrogens (tertiary/aromatic N) is 3. The van der Waals surface area contributed by atoms with E-state index in [9.17, 15) is 4.79 Å². The SMILES string of the molecule is CC(C)(C)OC(=O)N1CCC[C@H](CNc2ncccn2)C1. The van der Waals surface area contributed by atoms with Crippen LogP contribution in [0.4, 0.5) is 10.7 Å². The minimum absolute atomic E-state index is 0.219. The zero-order valence-corrected chi connectivity index (χ0v) is 13.0. The number of nitrogens with one attached hydrogen (secondary N) is 1. The fourth-order valence-corrected chi connectivity index (χ4v) is 2.35. The Kier molecular flexibility index (Phi) is 4.98. The van der Waals surface area contributed by atoms with Gasteiger partial charge in [0.15, 0.2) is 0 Å². The number of hydrogen-bond acceptors (Lipinski definition) is 5. The quantitative estimate of drug-likeness (QED) is 0.927. The first-order valence-electron chi connectivity index (χ1n) is 7.43. The largest absolute Gasteiger partial charge is 0.444 e. The molecule has 21 heavy (non-hydrogen) atoms. The molecular weight excluding hydrogens is 268 g/mol. The van der Waals surface area contributed by atoms with E-state index in [4.69, 9.17) is 4.74 Å². The van der Waals surface area contributed by atoms with E-state index in [0.29, 0.717) is 11.9 Å². The molecular formula is C15H24N4O2. The Bertz CT molecular complexity index is 458. The third-order valence-electron chi connectivity index (χ3n) is 3.29. The molecule has 2 rings (SSSR count). The van der Waals surface area contributed by atoms with E-state index >= 15 is 0 Å². The molecule has 0 unspecified atom stereocenters. The lowest BCUT2D eigenvalue weighted by atomic mass is 9.98. The number of carbonyl (C=O) groups is 1. The first-order chi connectivity index (χ1) is 9.94. The maximum atomic E-state index is 12.1. The molecule has 2 heterocycles. The monoisotopic (exact) mass is 292 g/mol. The first kappa shape index (κ1) is 15.5. The summed E-state index contributed by atoms with van der Waals surface area (Å²) in [4.78, 5) is 22.2. The van der Waals surface area contributed by atoms with Crippen LogP contribution in [-0.2, 0) is 4.74 Å². The van der Waals surface area contributed by atoms with Gasteiger partial charge in [-0.25, -0.2) is 14.8 Å². The minimum Gasteiger partial charge on any atom is -0.444 e. The second-order valence-corrected chi connectivity index (χ2v) is 6.39. The maximum absolute atomic E-state index is 12.1. The van der Waals surface area contributed by atoms with E-state index in [1.54, 1.807) is 23.4 Å². The van der Waals surface area contributed by atoms with Gasteiger partial charge in [-0.05, 0) is 45.6 Å². The van der Waals surface area contributed by atoms with E-state index in [1.165, 1.54) is 0 Å². The van der Waals surface area contributed by atoms with Crippen LogP contribution in [0.3, 0.4) is 0 Å². The second-order valence-electron chi connectivity index (χ2n) is 6.39. The van der Waals surface area contributed by atoms with Gasteiger partial charge in [0, 0.05) is 32.0 Å². The van der Waals surface area contributed by atoms with E-state index in [2.05, 4.69) is 15.3 Å². The van der Waals surface area contributed by atoms with Gasteiger partial charge >= 0.3 is 6.09 Å². The molecule has 6 nitrogen and oxygen atoms in total. The van der Waals surface area contributed by atoms with Crippen molar-refractivity contribution < 1.29 is 9.53 Å². The minimum atomic E-state index is -0.444. The summed E-state index contributed by atoms with van der Waals surface area (Å²) in [5.74, 6) is 1.03. The fourth-order valence-electron chi connectivity index (χ4n) is 2.35. The van der Waals surface area contributed by atoms with Crippen LogP contribution in [-0.4, -0.2) is 46.2 Å². The third kappa shape index (κ3) is 5.21. The van der Waals surface area contributed by atoms with Crippen LogP contribution in [0.25, 0.3) is 0 Å². The van der Waals surface area contributed by atoms with Crippen LogP contribution >= 0.6 is 0 Å². The van der Waals surface area contributed by atoms with Crippen LogP contribution in [0.5, 0.6) is 0 Å². The highest BCUT2D eigenvalue weighted by Crippen LogP contribution is 2.19. The zero-order chi connectivity index (χ0) is 15.3. The Labute approximate surface area is 125 Å². The van der Waals surface area contributed by atoms with Gasteiger partial charge in [-0.1, -0.05) is 0 Å². The highest BCUT2D eigenvalue weighted by atomic mass is 16.6. The van der Waals surface area contributed by atoms with E-state index in [0.717, 1.165) is 32.5 Å². The fraction of sp³-hybridized carbons (Fsp3) is 0.667. The van der Waals surface area contributed by atoms with Gasteiger partial charge in [-0.3, -0.25) is 0 Å². The number of hydrogen-bond donors (Lipinski definition) is 1. The number of ether oxygens (including phenoxy) is 1. The van der Waals surface area contributed by atoms with Gasteiger partial charge in [0.1, 0.15) is 5.60 Å². The van der Waals surface area contributed by atoms with Crippen molar-refractivity contribution in [2.24, 2.45) is 5.92 Å². The molecule has 0 spiro atoms. The number of piperidine rings is 1. The molecule has 1 atom stereocenters. The lowest BCUT2D eigenvalue weighted by molar-refractivity contribution is 0.0172. The number of carbonyl (C=O) groups excluding carboxylic acids is 1. The maximum Gasteiger partial charge on any atom is 0.410 e. The Balaban J connectivity index is 1.82. The molecule has 0 aliphatic carbocycles. The van der Waals surface area contributed by atoms with Crippen LogP contribution in [0.1, 0.15) is 33.6 Å². The number of likely N-dealkylation sites (tertiary alicyclic amines) is 1. The molecule has 1 aliphatic heterocycles. The summed E-state index contributed by atoms with van der Waals surface area (Å²) in [6.45, 7) is 7.92. The second kappa shape index (κ2) is 6.74. The normalized spacial score (nSPS) is 19.2. The summed E-state index contributed by atoms with van der Waals surface area (Å²) >= 11 is 0. The lowest BCUT2D eigenvalue weighted by Crippen LogP contribution is -2.44. The van der Waals surface area contributed by atoms with Crippen molar-refractivity contribution >= 4 is 12.0 Å². The first-order valence-corrected chi connectivity index (χ1v) is 7.43. The summed E-state index contributed by atoms with van der Waals surface area (Å²) in [6, 6.07) is 1.79. The van der Waals surface area contributed by atoms with Gasteiger partial charge in [-0.2, -0.15) is 0 Å². The van der Waals surface area contributed by atoms with Gasteiger partial charge in [-0.15, -0.1) is 0 Å². The Morgan fingerprint density at radius 2 is 2.14 bits per heavy atom. The molecule has 0 saturated carbocycles. The van der Waals surface area contributed by atoms with Crippen molar-refractivity contribution in [1.82, 2.24) is 14.9 Å². The molecule has 1 N–H and O–H groups in total. The van der Waals surface area contributed by atoms with Gasteiger partial charge in [0.05, 0.1) is 0 Å². The average molecular weight is 292 g/mol. The summed E-state index contributed by atoms with van der Waals surface area (Å²) in [5.41, 5.74) is -0.444. The molecule has 1 amide bonds. The van der Waals surface area contributed by atoms with E-state index < -0.39 is 5.60 Å². The van der Waals surface area contributed by atoms with Crippen molar-refractivity contribution in [3.63, 3.8) is 0 Å². The number of anilines is 1. The smallest absolute Gasteiger partial charge is 0.410 e. The summed E-state index contributed by atoms with van der Waals surface area (Å²) < 4.78 is 5.43. The summed E-state index contributed by atoms with van der Waals surface area (Å²) in [5, 5.41) is 3.22. The van der Waals surface area contributed by atoms with E-state index in [1.807, 2.05) is 20.8 Å².